The number of carbonyl (C=O) groups excluding carboxylic acids is 2. The SMILES string of the molecule is O=C(CNC(=O)OCc1ccccc1)OC1C=C(c2ccc(OCCC3CCNCC3)cc2)NO1. The molecule has 1 amide bonds. The van der Waals surface area contributed by atoms with Crippen molar-refractivity contribution in [1.82, 2.24) is 16.1 Å². The third-order valence-corrected chi connectivity index (χ3v) is 5.84. The second-order valence-corrected chi connectivity index (χ2v) is 8.43. The van der Waals surface area contributed by atoms with Crippen molar-refractivity contribution in [2.75, 3.05) is 26.2 Å². The Bertz CT molecular complexity index is 990. The predicted octanol–water partition coefficient (Wildman–Crippen LogP) is 3.13. The van der Waals surface area contributed by atoms with Crippen LogP contribution in [-0.2, 0) is 25.7 Å². The molecule has 1 unspecified atom stereocenters. The maximum absolute atomic E-state index is 12.0. The average molecular weight is 482 g/mol. The monoisotopic (exact) mass is 481 g/mol. The van der Waals surface area contributed by atoms with Crippen molar-refractivity contribution in [2.45, 2.75) is 32.2 Å². The molecule has 9 heteroatoms. The molecule has 1 atom stereocenters. The van der Waals surface area contributed by atoms with Gasteiger partial charge in [-0.2, -0.15) is 0 Å². The Labute approximate surface area is 204 Å². The lowest BCUT2D eigenvalue weighted by atomic mass is 9.95. The van der Waals surface area contributed by atoms with Gasteiger partial charge in [0.05, 0.1) is 12.3 Å². The van der Waals surface area contributed by atoms with E-state index in [4.69, 9.17) is 19.0 Å². The Hall–Kier alpha value is -3.56. The van der Waals surface area contributed by atoms with Crippen LogP contribution in [0.15, 0.2) is 60.7 Å². The summed E-state index contributed by atoms with van der Waals surface area (Å²) >= 11 is 0. The van der Waals surface area contributed by atoms with E-state index in [2.05, 4.69) is 16.1 Å². The topological polar surface area (TPSA) is 107 Å². The number of nitrogens with one attached hydrogen (secondary N) is 3. The number of amides is 1. The molecule has 2 aliphatic heterocycles. The number of rotatable bonds is 10. The van der Waals surface area contributed by atoms with Crippen LogP contribution < -0.4 is 20.9 Å². The lowest BCUT2D eigenvalue weighted by Gasteiger charge is -2.22. The number of alkyl carbamates (subject to hydrolysis) is 1. The van der Waals surface area contributed by atoms with E-state index >= 15 is 0 Å². The van der Waals surface area contributed by atoms with E-state index < -0.39 is 18.4 Å². The van der Waals surface area contributed by atoms with E-state index in [1.807, 2.05) is 54.6 Å². The molecule has 0 saturated carbocycles. The third kappa shape index (κ3) is 8.01. The highest BCUT2D eigenvalue weighted by Gasteiger charge is 2.22. The first-order valence-corrected chi connectivity index (χ1v) is 11.9. The fourth-order valence-electron chi connectivity index (χ4n) is 3.87. The highest BCUT2D eigenvalue weighted by Crippen LogP contribution is 2.23. The molecular weight excluding hydrogens is 450 g/mol. The molecule has 0 bridgehead atoms. The highest BCUT2D eigenvalue weighted by molar-refractivity contribution is 5.78. The van der Waals surface area contributed by atoms with Crippen LogP contribution >= 0.6 is 0 Å². The minimum atomic E-state index is -0.902. The van der Waals surface area contributed by atoms with Gasteiger partial charge in [0.15, 0.2) is 0 Å². The largest absolute Gasteiger partial charge is 0.494 e. The van der Waals surface area contributed by atoms with E-state index in [0.29, 0.717) is 12.3 Å². The summed E-state index contributed by atoms with van der Waals surface area (Å²) in [6.07, 6.45) is 3.53. The van der Waals surface area contributed by atoms with Crippen molar-refractivity contribution in [3.05, 3.63) is 71.8 Å². The molecule has 2 heterocycles. The fourth-order valence-corrected chi connectivity index (χ4v) is 3.87. The zero-order chi connectivity index (χ0) is 24.3. The van der Waals surface area contributed by atoms with Crippen LogP contribution in [-0.4, -0.2) is 44.6 Å². The first-order valence-electron chi connectivity index (χ1n) is 11.9. The Morgan fingerprint density at radius 3 is 2.57 bits per heavy atom. The van der Waals surface area contributed by atoms with Gasteiger partial charge >= 0.3 is 12.1 Å². The molecule has 0 aromatic heterocycles. The van der Waals surface area contributed by atoms with Crippen LogP contribution in [0.5, 0.6) is 5.75 Å². The van der Waals surface area contributed by atoms with Gasteiger partial charge in [-0.25, -0.2) is 9.63 Å². The van der Waals surface area contributed by atoms with Gasteiger partial charge < -0.3 is 24.8 Å². The fraction of sp³-hybridized carbons (Fsp3) is 0.385. The molecule has 2 aromatic carbocycles. The first kappa shape index (κ1) is 24.6. The van der Waals surface area contributed by atoms with Gasteiger partial charge in [-0.1, -0.05) is 30.3 Å². The van der Waals surface area contributed by atoms with Crippen molar-refractivity contribution >= 4 is 17.8 Å². The molecule has 2 aliphatic rings. The number of piperidine rings is 1. The number of esters is 1. The van der Waals surface area contributed by atoms with Crippen molar-refractivity contribution < 1.29 is 28.6 Å². The van der Waals surface area contributed by atoms with E-state index in [9.17, 15) is 9.59 Å². The molecule has 2 aromatic rings. The molecule has 0 aliphatic carbocycles. The molecule has 3 N–H and O–H groups in total. The Balaban J connectivity index is 1.15. The molecule has 9 nitrogen and oxygen atoms in total. The average Bonchev–Trinajstić information content (AvgIpc) is 3.36. The van der Waals surface area contributed by atoms with Crippen LogP contribution in [0.2, 0.25) is 0 Å². The summed E-state index contributed by atoms with van der Waals surface area (Å²) in [6.45, 7) is 2.68. The number of benzene rings is 2. The van der Waals surface area contributed by atoms with E-state index in [1.54, 1.807) is 6.08 Å². The number of hydrogen-bond donors (Lipinski definition) is 3. The molecule has 1 fully saturated rings. The van der Waals surface area contributed by atoms with Crippen LogP contribution in [0.4, 0.5) is 4.79 Å². The summed E-state index contributed by atoms with van der Waals surface area (Å²) in [5.74, 6) is 0.897. The molecule has 1 saturated heterocycles. The maximum atomic E-state index is 12.0. The summed E-state index contributed by atoms with van der Waals surface area (Å²) in [6, 6.07) is 16.9. The van der Waals surface area contributed by atoms with Gasteiger partial charge in [-0.05, 0) is 68.1 Å². The number of carbonyl (C=O) groups is 2. The molecule has 35 heavy (non-hydrogen) atoms. The Morgan fingerprint density at radius 2 is 1.80 bits per heavy atom. The zero-order valence-electron chi connectivity index (χ0n) is 19.5. The second kappa shape index (κ2) is 12.8. The van der Waals surface area contributed by atoms with Crippen molar-refractivity contribution in [2.24, 2.45) is 5.92 Å². The van der Waals surface area contributed by atoms with Crippen LogP contribution in [0.3, 0.4) is 0 Å². The molecule has 4 rings (SSSR count). The first-order chi connectivity index (χ1) is 17.2. The van der Waals surface area contributed by atoms with E-state index in [-0.39, 0.29) is 13.2 Å². The number of hydrogen-bond acceptors (Lipinski definition) is 8. The van der Waals surface area contributed by atoms with Gasteiger partial charge in [0, 0.05) is 11.6 Å². The summed E-state index contributed by atoms with van der Waals surface area (Å²) in [5, 5.41) is 5.74. The molecule has 0 spiro atoms. The molecular formula is C26H31N3O6. The van der Waals surface area contributed by atoms with Gasteiger partial charge in [0.25, 0.3) is 0 Å². The summed E-state index contributed by atoms with van der Waals surface area (Å²) in [4.78, 5) is 29.1. The smallest absolute Gasteiger partial charge is 0.407 e. The number of hydroxylamine groups is 1. The van der Waals surface area contributed by atoms with Crippen LogP contribution in [0.1, 0.15) is 30.4 Å². The summed E-state index contributed by atoms with van der Waals surface area (Å²) in [7, 11) is 0. The lowest BCUT2D eigenvalue weighted by Crippen LogP contribution is -2.33. The van der Waals surface area contributed by atoms with Crippen molar-refractivity contribution in [1.29, 1.82) is 0 Å². The quantitative estimate of drug-likeness (QED) is 0.445. The van der Waals surface area contributed by atoms with Crippen LogP contribution in [0.25, 0.3) is 5.70 Å². The Kier molecular flexibility index (Phi) is 8.97. The van der Waals surface area contributed by atoms with Gasteiger partial charge in [0.1, 0.15) is 18.9 Å². The van der Waals surface area contributed by atoms with Crippen molar-refractivity contribution in [3.63, 3.8) is 0 Å². The third-order valence-electron chi connectivity index (χ3n) is 5.84. The normalized spacial score (nSPS) is 17.7. The molecule has 0 radical (unpaired) electrons. The molecule has 186 valence electrons. The maximum Gasteiger partial charge on any atom is 0.407 e. The van der Waals surface area contributed by atoms with Gasteiger partial charge in [-0.3, -0.25) is 10.3 Å². The second-order valence-electron chi connectivity index (χ2n) is 8.43. The van der Waals surface area contributed by atoms with Crippen molar-refractivity contribution in [3.8, 4) is 5.75 Å². The number of ether oxygens (including phenoxy) is 3. The summed E-state index contributed by atoms with van der Waals surface area (Å²) < 4.78 is 16.2. The minimum Gasteiger partial charge on any atom is -0.494 e. The minimum absolute atomic E-state index is 0.117. The summed E-state index contributed by atoms with van der Waals surface area (Å²) in [5.41, 5.74) is 5.17. The predicted molar refractivity (Wildman–Crippen MR) is 129 cm³/mol. The van der Waals surface area contributed by atoms with Gasteiger partial charge in [-0.15, -0.1) is 0 Å². The highest BCUT2D eigenvalue weighted by atomic mass is 16.8. The zero-order valence-corrected chi connectivity index (χ0v) is 19.5. The van der Waals surface area contributed by atoms with Gasteiger partial charge in [0.2, 0.25) is 6.29 Å². The standard InChI is InChI=1S/C26H31N3O6/c30-24(17-28-26(31)33-18-20-4-2-1-3-5-20)34-25-16-23(29-35-25)21-6-8-22(9-7-21)32-15-12-19-10-13-27-14-11-19/h1-9,16,19,25,27,29H,10-15,17-18H2,(H,28,31). The Morgan fingerprint density at radius 1 is 1.03 bits per heavy atom. The van der Waals surface area contributed by atoms with E-state index in [0.717, 1.165) is 42.3 Å². The lowest BCUT2D eigenvalue weighted by molar-refractivity contribution is -0.171. The van der Waals surface area contributed by atoms with Crippen LogP contribution in [0, 0.1) is 5.92 Å². The van der Waals surface area contributed by atoms with E-state index in [1.165, 1.54) is 12.8 Å².